The van der Waals surface area contributed by atoms with Crippen LogP contribution in [0.15, 0.2) is 60.7 Å². The second-order valence-electron chi connectivity index (χ2n) is 6.87. The third kappa shape index (κ3) is 3.41. The van der Waals surface area contributed by atoms with E-state index in [-0.39, 0.29) is 5.82 Å². The molecular weight excluding hydrogens is 319 g/mol. The summed E-state index contributed by atoms with van der Waals surface area (Å²) >= 11 is 0. The van der Waals surface area contributed by atoms with Crippen LogP contribution < -0.4 is 0 Å². The van der Waals surface area contributed by atoms with Gasteiger partial charge in [-0.05, 0) is 83.5 Å². The Morgan fingerprint density at radius 1 is 0.769 bits per heavy atom. The van der Waals surface area contributed by atoms with Crippen LogP contribution >= 0.6 is 0 Å². The number of hydrogen-bond acceptors (Lipinski definition) is 0. The molecule has 0 spiro atoms. The predicted octanol–water partition coefficient (Wildman–Crippen LogP) is 5.94. The quantitative estimate of drug-likeness (QED) is 0.506. The molecular formula is C25H21F. The maximum atomic E-state index is 13.0. The summed E-state index contributed by atoms with van der Waals surface area (Å²) in [6.07, 6.45) is 4.49. The van der Waals surface area contributed by atoms with Crippen LogP contribution in [0.5, 0.6) is 0 Å². The molecule has 128 valence electrons. The minimum Gasteiger partial charge on any atom is -0.207 e. The average Bonchev–Trinajstić information content (AvgIpc) is 2.67. The van der Waals surface area contributed by atoms with Gasteiger partial charge in [0.2, 0.25) is 0 Å². The van der Waals surface area contributed by atoms with E-state index in [1.165, 1.54) is 46.4 Å². The summed E-state index contributed by atoms with van der Waals surface area (Å²) in [7, 11) is 0. The molecule has 0 nitrogen and oxygen atoms in total. The highest BCUT2D eigenvalue weighted by Gasteiger charge is 2.16. The second-order valence-corrected chi connectivity index (χ2v) is 6.87. The summed E-state index contributed by atoms with van der Waals surface area (Å²) in [4.78, 5) is 0. The van der Waals surface area contributed by atoms with E-state index in [1.54, 1.807) is 12.1 Å². The lowest BCUT2D eigenvalue weighted by Crippen LogP contribution is -2.05. The van der Waals surface area contributed by atoms with Gasteiger partial charge < -0.3 is 0 Å². The van der Waals surface area contributed by atoms with Crippen LogP contribution in [0.25, 0.3) is 11.1 Å². The van der Waals surface area contributed by atoms with Crippen molar-refractivity contribution in [3.05, 3.63) is 94.3 Å². The summed E-state index contributed by atoms with van der Waals surface area (Å²) in [5.74, 6) is 6.10. The number of benzene rings is 3. The molecule has 0 heterocycles. The molecule has 0 bridgehead atoms. The van der Waals surface area contributed by atoms with Crippen LogP contribution in [-0.2, 0) is 19.3 Å². The van der Waals surface area contributed by atoms with Gasteiger partial charge in [-0.2, -0.15) is 0 Å². The Bertz CT molecular complexity index is 1000. The van der Waals surface area contributed by atoms with E-state index in [0.717, 1.165) is 30.4 Å². The molecule has 0 amide bonds. The summed E-state index contributed by atoms with van der Waals surface area (Å²) in [5.41, 5.74) is 8.82. The Morgan fingerprint density at radius 3 is 2.12 bits per heavy atom. The molecule has 4 rings (SSSR count). The molecule has 1 heteroatoms. The minimum atomic E-state index is -0.231. The lowest BCUT2D eigenvalue weighted by Gasteiger charge is -2.21. The van der Waals surface area contributed by atoms with E-state index in [0.29, 0.717) is 0 Å². The smallest absolute Gasteiger partial charge is 0.123 e. The van der Waals surface area contributed by atoms with Crippen molar-refractivity contribution >= 4 is 0 Å². The third-order valence-electron chi connectivity index (χ3n) is 4.96. The molecule has 0 aliphatic heterocycles. The number of rotatable bonds is 2. The fourth-order valence-corrected chi connectivity index (χ4v) is 3.65. The highest BCUT2D eigenvalue weighted by molar-refractivity contribution is 5.74. The van der Waals surface area contributed by atoms with Crippen molar-refractivity contribution < 1.29 is 4.39 Å². The Morgan fingerprint density at radius 2 is 1.38 bits per heavy atom. The van der Waals surface area contributed by atoms with Gasteiger partial charge in [-0.15, -0.1) is 0 Å². The lowest BCUT2D eigenvalue weighted by atomic mass is 9.84. The topological polar surface area (TPSA) is 0 Å². The highest BCUT2D eigenvalue weighted by Crippen LogP contribution is 2.34. The van der Waals surface area contributed by atoms with Crippen LogP contribution in [0.2, 0.25) is 0 Å². The Labute approximate surface area is 154 Å². The molecule has 0 N–H and O–H groups in total. The van der Waals surface area contributed by atoms with E-state index < -0.39 is 0 Å². The molecule has 0 fully saturated rings. The molecule has 0 saturated heterocycles. The molecule has 1 aliphatic carbocycles. The van der Waals surface area contributed by atoms with Crippen LogP contribution in [0, 0.1) is 17.7 Å². The molecule has 0 atom stereocenters. The van der Waals surface area contributed by atoms with Gasteiger partial charge in [-0.1, -0.05) is 49.5 Å². The van der Waals surface area contributed by atoms with Gasteiger partial charge in [0.25, 0.3) is 0 Å². The summed E-state index contributed by atoms with van der Waals surface area (Å²) in [6, 6.07) is 19.7. The van der Waals surface area contributed by atoms with Crippen molar-refractivity contribution in [3.63, 3.8) is 0 Å². The second kappa shape index (κ2) is 7.18. The van der Waals surface area contributed by atoms with Crippen molar-refractivity contribution in [1.29, 1.82) is 0 Å². The third-order valence-corrected chi connectivity index (χ3v) is 4.96. The zero-order valence-electron chi connectivity index (χ0n) is 15.0. The SMILES string of the molecule is CCCc1ccc2c(c1)CCc1cc(C#Cc3ccc(F)cc3)ccc1-2. The van der Waals surface area contributed by atoms with Crippen molar-refractivity contribution in [1.82, 2.24) is 0 Å². The van der Waals surface area contributed by atoms with Gasteiger partial charge in [-0.3, -0.25) is 0 Å². The molecule has 0 unspecified atom stereocenters. The number of halogens is 1. The first-order valence-electron chi connectivity index (χ1n) is 9.25. The Balaban J connectivity index is 1.63. The number of aryl methyl sites for hydroxylation is 3. The number of fused-ring (bicyclic) bond motifs is 3. The van der Waals surface area contributed by atoms with Gasteiger partial charge in [0, 0.05) is 11.1 Å². The van der Waals surface area contributed by atoms with Gasteiger partial charge in [0.05, 0.1) is 0 Å². The summed E-state index contributed by atoms with van der Waals surface area (Å²) < 4.78 is 13.0. The maximum Gasteiger partial charge on any atom is 0.123 e. The van der Waals surface area contributed by atoms with Gasteiger partial charge in [0.1, 0.15) is 5.82 Å². The minimum absolute atomic E-state index is 0.231. The van der Waals surface area contributed by atoms with E-state index >= 15 is 0 Å². The van der Waals surface area contributed by atoms with Crippen molar-refractivity contribution in [2.24, 2.45) is 0 Å². The number of hydrogen-bond donors (Lipinski definition) is 0. The molecule has 3 aromatic carbocycles. The van der Waals surface area contributed by atoms with E-state index in [1.807, 2.05) is 0 Å². The average molecular weight is 340 g/mol. The van der Waals surface area contributed by atoms with E-state index in [4.69, 9.17) is 0 Å². The van der Waals surface area contributed by atoms with Crippen LogP contribution in [0.1, 0.15) is 41.2 Å². The van der Waals surface area contributed by atoms with Gasteiger partial charge in [0.15, 0.2) is 0 Å². The Hall–Kier alpha value is -2.85. The van der Waals surface area contributed by atoms with Gasteiger partial charge in [-0.25, -0.2) is 4.39 Å². The lowest BCUT2D eigenvalue weighted by molar-refractivity contribution is 0.627. The fourth-order valence-electron chi connectivity index (χ4n) is 3.65. The Kier molecular flexibility index (Phi) is 4.59. The normalized spacial score (nSPS) is 11.9. The first kappa shape index (κ1) is 16.6. The van der Waals surface area contributed by atoms with Crippen molar-refractivity contribution in [2.45, 2.75) is 32.6 Å². The van der Waals surface area contributed by atoms with E-state index in [2.05, 4.69) is 55.2 Å². The summed E-state index contributed by atoms with van der Waals surface area (Å²) in [5, 5.41) is 0. The van der Waals surface area contributed by atoms with Crippen LogP contribution in [-0.4, -0.2) is 0 Å². The van der Waals surface area contributed by atoms with Gasteiger partial charge >= 0.3 is 0 Å². The molecule has 3 aromatic rings. The highest BCUT2D eigenvalue weighted by atomic mass is 19.1. The van der Waals surface area contributed by atoms with Crippen molar-refractivity contribution in [2.75, 3.05) is 0 Å². The van der Waals surface area contributed by atoms with E-state index in [9.17, 15) is 4.39 Å². The molecule has 1 aliphatic rings. The zero-order valence-corrected chi connectivity index (χ0v) is 15.0. The fraction of sp³-hybridized carbons (Fsp3) is 0.200. The summed E-state index contributed by atoms with van der Waals surface area (Å²) in [6.45, 7) is 2.23. The van der Waals surface area contributed by atoms with Crippen LogP contribution in [0.3, 0.4) is 0 Å². The molecule has 0 aromatic heterocycles. The molecule has 0 saturated carbocycles. The predicted molar refractivity (Wildman–Crippen MR) is 106 cm³/mol. The first-order valence-corrected chi connectivity index (χ1v) is 9.25. The van der Waals surface area contributed by atoms with Crippen LogP contribution in [0.4, 0.5) is 4.39 Å². The van der Waals surface area contributed by atoms with Crippen molar-refractivity contribution in [3.8, 4) is 23.0 Å². The monoisotopic (exact) mass is 340 g/mol. The standard InChI is InChI=1S/C25H21F/c1-2-3-19-8-14-24-21(16-19)10-11-22-17-20(9-15-25(22)24)5-4-18-6-12-23(26)13-7-18/h6-9,12-17H,2-3,10-11H2,1H3. The zero-order chi connectivity index (χ0) is 17.9. The largest absolute Gasteiger partial charge is 0.207 e. The maximum absolute atomic E-state index is 13.0. The first-order chi connectivity index (χ1) is 12.7. The molecule has 26 heavy (non-hydrogen) atoms. The molecule has 0 radical (unpaired) electrons.